The molecule has 5 heteroatoms. The van der Waals surface area contributed by atoms with Crippen LogP contribution in [0.25, 0.3) is 0 Å². The van der Waals surface area contributed by atoms with Crippen molar-refractivity contribution in [3.8, 4) is 0 Å². The van der Waals surface area contributed by atoms with Crippen molar-refractivity contribution in [3.63, 3.8) is 0 Å². The van der Waals surface area contributed by atoms with Gasteiger partial charge in [-0.15, -0.1) is 0 Å². The molecular formula is C20H16O3S2. The molecule has 0 aliphatic carbocycles. The average Bonchev–Trinajstić information content (AvgIpc) is 2.62. The SMILES string of the molecule is Cc1ccc(S(=O)(=O)C2c3ccccc3S(=O)c3ccccc32)cc1. The second kappa shape index (κ2) is 5.93. The van der Waals surface area contributed by atoms with E-state index < -0.39 is 25.9 Å². The topological polar surface area (TPSA) is 51.2 Å². The van der Waals surface area contributed by atoms with E-state index in [9.17, 15) is 12.6 Å². The van der Waals surface area contributed by atoms with Crippen LogP contribution in [0.5, 0.6) is 0 Å². The molecule has 25 heavy (non-hydrogen) atoms. The lowest BCUT2D eigenvalue weighted by Gasteiger charge is -2.27. The van der Waals surface area contributed by atoms with Gasteiger partial charge in [-0.25, -0.2) is 12.6 Å². The largest absolute Gasteiger partial charge is 0.249 e. The first-order valence-corrected chi connectivity index (χ1v) is 10.6. The van der Waals surface area contributed by atoms with E-state index in [0.717, 1.165) is 5.56 Å². The minimum absolute atomic E-state index is 0.278. The fourth-order valence-electron chi connectivity index (χ4n) is 3.22. The molecule has 1 heterocycles. The maximum absolute atomic E-state index is 13.4. The first kappa shape index (κ1) is 16.2. The number of benzene rings is 3. The second-order valence-corrected chi connectivity index (χ2v) is 9.53. The molecule has 1 aliphatic rings. The van der Waals surface area contributed by atoms with E-state index in [0.29, 0.717) is 20.9 Å². The summed E-state index contributed by atoms with van der Waals surface area (Å²) in [5, 5.41) is -0.847. The third-order valence-corrected chi connectivity index (χ3v) is 8.06. The van der Waals surface area contributed by atoms with Gasteiger partial charge in [0.25, 0.3) is 0 Å². The molecule has 4 rings (SSSR count). The number of fused-ring (bicyclic) bond motifs is 2. The van der Waals surface area contributed by atoms with E-state index in [1.165, 1.54) is 0 Å². The minimum atomic E-state index is -3.66. The fourth-order valence-corrected chi connectivity index (χ4v) is 6.67. The Labute approximate surface area is 149 Å². The first-order valence-electron chi connectivity index (χ1n) is 7.90. The van der Waals surface area contributed by atoms with Gasteiger partial charge in [-0.2, -0.15) is 0 Å². The Morgan fingerprint density at radius 1 is 0.760 bits per heavy atom. The quantitative estimate of drug-likeness (QED) is 0.686. The maximum Gasteiger partial charge on any atom is 0.189 e. The van der Waals surface area contributed by atoms with Crippen LogP contribution < -0.4 is 0 Å². The molecule has 0 aromatic heterocycles. The summed E-state index contributed by atoms with van der Waals surface area (Å²) in [6, 6.07) is 21.1. The monoisotopic (exact) mass is 368 g/mol. The summed E-state index contributed by atoms with van der Waals surface area (Å²) in [4.78, 5) is 1.42. The van der Waals surface area contributed by atoms with Gasteiger partial charge in [0.15, 0.2) is 9.84 Å². The molecule has 0 fully saturated rings. The Kier molecular flexibility index (Phi) is 3.85. The molecule has 0 amide bonds. The lowest BCUT2D eigenvalue weighted by molar-refractivity contribution is 0.587. The van der Waals surface area contributed by atoms with Gasteiger partial charge in [-0.05, 0) is 42.3 Å². The van der Waals surface area contributed by atoms with Gasteiger partial charge in [0.2, 0.25) is 0 Å². The summed E-state index contributed by atoms with van der Waals surface area (Å²) in [7, 11) is -5.03. The van der Waals surface area contributed by atoms with Crippen LogP contribution in [0.3, 0.4) is 0 Å². The molecular weight excluding hydrogens is 352 g/mol. The Balaban J connectivity index is 2.00. The fraction of sp³-hybridized carbons (Fsp3) is 0.100. The standard InChI is InChI=1S/C20H16O3S2/c1-14-10-12-15(13-11-14)25(22,23)20-16-6-2-4-8-18(16)24(21)19-9-5-3-7-17(19)20/h2-13,20H,1H3. The van der Waals surface area contributed by atoms with Crippen LogP contribution in [-0.4, -0.2) is 12.6 Å². The van der Waals surface area contributed by atoms with Gasteiger partial charge in [0, 0.05) is 9.79 Å². The highest BCUT2D eigenvalue weighted by atomic mass is 32.2. The van der Waals surface area contributed by atoms with Gasteiger partial charge >= 0.3 is 0 Å². The molecule has 0 radical (unpaired) electrons. The summed E-state index contributed by atoms with van der Waals surface area (Å²) >= 11 is 0. The normalized spacial score (nSPS) is 19.1. The van der Waals surface area contributed by atoms with Crippen LogP contribution in [0.2, 0.25) is 0 Å². The third kappa shape index (κ3) is 2.55. The van der Waals surface area contributed by atoms with Gasteiger partial charge in [0.05, 0.1) is 15.7 Å². The minimum Gasteiger partial charge on any atom is -0.249 e. The van der Waals surface area contributed by atoms with Crippen molar-refractivity contribution in [2.75, 3.05) is 0 Å². The van der Waals surface area contributed by atoms with Crippen LogP contribution in [0.1, 0.15) is 21.9 Å². The van der Waals surface area contributed by atoms with Crippen LogP contribution in [-0.2, 0) is 20.6 Å². The van der Waals surface area contributed by atoms with E-state index in [2.05, 4.69) is 0 Å². The van der Waals surface area contributed by atoms with Gasteiger partial charge < -0.3 is 0 Å². The van der Waals surface area contributed by atoms with Crippen molar-refractivity contribution in [3.05, 3.63) is 89.5 Å². The number of hydrogen-bond donors (Lipinski definition) is 0. The number of aryl methyl sites for hydroxylation is 1. The van der Waals surface area contributed by atoms with E-state index >= 15 is 0 Å². The summed E-state index contributed by atoms with van der Waals surface area (Å²) < 4.78 is 39.7. The summed E-state index contributed by atoms with van der Waals surface area (Å²) in [5.74, 6) is 0. The van der Waals surface area contributed by atoms with Crippen LogP contribution in [0.4, 0.5) is 0 Å². The molecule has 3 aromatic rings. The van der Waals surface area contributed by atoms with Crippen molar-refractivity contribution >= 4 is 20.6 Å². The highest BCUT2D eigenvalue weighted by Gasteiger charge is 2.39. The van der Waals surface area contributed by atoms with E-state index in [1.807, 2.05) is 6.92 Å². The van der Waals surface area contributed by atoms with E-state index in [4.69, 9.17) is 0 Å². The highest BCUT2D eigenvalue weighted by molar-refractivity contribution is 7.92. The summed E-state index contributed by atoms with van der Waals surface area (Å²) in [5.41, 5.74) is 2.20. The lowest BCUT2D eigenvalue weighted by atomic mass is 10.0. The zero-order valence-electron chi connectivity index (χ0n) is 13.5. The van der Waals surface area contributed by atoms with Crippen molar-refractivity contribution in [2.24, 2.45) is 0 Å². The predicted octanol–water partition coefficient (Wildman–Crippen LogP) is 4.04. The van der Waals surface area contributed by atoms with Crippen molar-refractivity contribution in [1.82, 2.24) is 0 Å². The van der Waals surface area contributed by atoms with Crippen molar-refractivity contribution < 1.29 is 12.6 Å². The third-order valence-electron chi connectivity index (χ3n) is 4.46. The zero-order valence-corrected chi connectivity index (χ0v) is 15.2. The van der Waals surface area contributed by atoms with Crippen LogP contribution >= 0.6 is 0 Å². The molecule has 0 saturated carbocycles. The maximum atomic E-state index is 13.4. The summed E-state index contributed by atoms with van der Waals surface area (Å²) in [6.45, 7) is 1.92. The molecule has 1 aliphatic heterocycles. The molecule has 0 unspecified atom stereocenters. The lowest BCUT2D eigenvalue weighted by Crippen LogP contribution is -2.22. The first-order chi connectivity index (χ1) is 12.0. The van der Waals surface area contributed by atoms with Crippen molar-refractivity contribution in [1.29, 1.82) is 0 Å². The number of sulfone groups is 1. The van der Waals surface area contributed by atoms with Crippen LogP contribution in [0.15, 0.2) is 87.5 Å². The Morgan fingerprint density at radius 3 is 1.76 bits per heavy atom. The van der Waals surface area contributed by atoms with Gasteiger partial charge in [-0.3, -0.25) is 0 Å². The highest BCUT2D eigenvalue weighted by Crippen LogP contribution is 2.44. The molecule has 0 spiro atoms. The van der Waals surface area contributed by atoms with E-state index in [-0.39, 0.29) is 4.90 Å². The smallest absolute Gasteiger partial charge is 0.189 e. The Bertz CT molecular complexity index is 1030. The molecule has 0 saturated heterocycles. The molecule has 3 aromatic carbocycles. The molecule has 0 bridgehead atoms. The second-order valence-electron chi connectivity index (χ2n) is 6.08. The Morgan fingerprint density at radius 2 is 1.24 bits per heavy atom. The molecule has 3 nitrogen and oxygen atoms in total. The Hall–Kier alpha value is -2.24. The van der Waals surface area contributed by atoms with Crippen molar-refractivity contribution in [2.45, 2.75) is 26.9 Å². The number of hydrogen-bond acceptors (Lipinski definition) is 3. The molecule has 0 N–H and O–H groups in total. The van der Waals surface area contributed by atoms with Gasteiger partial charge in [-0.1, -0.05) is 54.1 Å². The molecule has 0 atom stereocenters. The average molecular weight is 368 g/mol. The van der Waals surface area contributed by atoms with E-state index in [1.54, 1.807) is 72.8 Å². The summed E-state index contributed by atoms with van der Waals surface area (Å²) in [6.07, 6.45) is 0. The predicted molar refractivity (Wildman–Crippen MR) is 97.8 cm³/mol. The number of rotatable bonds is 2. The van der Waals surface area contributed by atoms with Crippen LogP contribution in [0, 0.1) is 6.92 Å². The molecule has 126 valence electrons. The zero-order chi connectivity index (χ0) is 17.6. The van der Waals surface area contributed by atoms with Gasteiger partial charge in [0.1, 0.15) is 5.25 Å².